The molecule has 0 saturated carbocycles. The molecule has 168 valence electrons. The van der Waals surface area contributed by atoms with Crippen LogP contribution in [0.3, 0.4) is 0 Å². The van der Waals surface area contributed by atoms with Gasteiger partial charge in [-0.25, -0.2) is 14.8 Å². The van der Waals surface area contributed by atoms with Crippen molar-refractivity contribution >= 4 is 22.7 Å². The number of aliphatic carboxylic acids is 1. The number of hydrogen-bond donors (Lipinski definition) is 1. The number of hydrogen-bond acceptors (Lipinski definition) is 8. The van der Waals surface area contributed by atoms with Crippen molar-refractivity contribution in [2.45, 2.75) is 19.8 Å². The Morgan fingerprint density at radius 1 is 1.25 bits per heavy atom. The van der Waals surface area contributed by atoms with Crippen LogP contribution in [-0.2, 0) is 11.2 Å². The van der Waals surface area contributed by atoms with E-state index >= 15 is 0 Å². The highest BCUT2D eigenvalue weighted by atomic mass is 16.5. The third-order valence-electron chi connectivity index (χ3n) is 5.74. The van der Waals surface area contributed by atoms with E-state index in [2.05, 4.69) is 19.8 Å². The van der Waals surface area contributed by atoms with Crippen molar-refractivity contribution in [1.82, 2.24) is 14.9 Å². The van der Waals surface area contributed by atoms with Crippen LogP contribution < -0.4 is 15.3 Å². The van der Waals surface area contributed by atoms with Gasteiger partial charge in [0, 0.05) is 45.0 Å². The molecule has 0 spiro atoms. The molecule has 1 fully saturated rings. The lowest BCUT2D eigenvalue weighted by atomic mass is 10.1. The number of methoxy groups -OCH3 is 1. The van der Waals surface area contributed by atoms with Gasteiger partial charge in [0.05, 0.1) is 30.0 Å². The van der Waals surface area contributed by atoms with Crippen molar-refractivity contribution in [3.05, 3.63) is 46.4 Å². The van der Waals surface area contributed by atoms with Crippen LogP contribution in [0, 0.1) is 0 Å². The molecule has 0 radical (unpaired) electrons. The van der Waals surface area contributed by atoms with E-state index in [0.717, 1.165) is 18.7 Å². The SMILES string of the molecule is CCc1cc(OC)cc2nc(-c3cccnc3N3CCN(CCC(=O)O)CC3)oc(=O)c12. The second-order valence-electron chi connectivity index (χ2n) is 7.69. The first-order valence-corrected chi connectivity index (χ1v) is 10.7. The van der Waals surface area contributed by atoms with Crippen molar-refractivity contribution in [2.75, 3.05) is 44.7 Å². The fraction of sp³-hybridized carbons (Fsp3) is 0.391. The van der Waals surface area contributed by atoms with Crippen molar-refractivity contribution in [3.63, 3.8) is 0 Å². The van der Waals surface area contributed by atoms with E-state index in [4.69, 9.17) is 14.3 Å². The van der Waals surface area contributed by atoms with Gasteiger partial charge in [-0.15, -0.1) is 0 Å². The molecule has 1 saturated heterocycles. The monoisotopic (exact) mass is 438 g/mol. The first-order valence-electron chi connectivity index (χ1n) is 10.7. The molecule has 3 heterocycles. The van der Waals surface area contributed by atoms with Gasteiger partial charge in [0.15, 0.2) is 0 Å². The molecule has 1 aliphatic rings. The summed E-state index contributed by atoms with van der Waals surface area (Å²) < 4.78 is 11.0. The molecule has 1 aliphatic heterocycles. The summed E-state index contributed by atoms with van der Waals surface area (Å²) >= 11 is 0. The first kappa shape index (κ1) is 21.8. The first-order chi connectivity index (χ1) is 15.5. The molecule has 1 N–H and O–H groups in total. The quantitative estimate of drug-likeness (QED) is 0.595. The molecule has 9 nitrogen and oxygen atoms in total. The van der Waals surface area contributed by atoms with E-state index in [0.29, 0.717) is 54.1 Å². The smallest absolute Gasteiger partial charge is 0.347 e. The molecule has 32 heavy (non-hydrogen) atoms. The minimum absolute atomic E-state index is 0.129. The van der Waals surface area contributed by atoms with Gasteiger partial charge in [-0.2, -0.15) is 0 Å². The Hall–Kier alpha value is -3.46. The number of benzene rings is 1. The number of aromatic nitrogens is 2. The van der Waals surface area contributed by atoms with Crippen LogP contribution in [0.5, 0.6) is 5.75 Å². The summed E-state index contributed by atoms with van der Waals surface area (Å²) in [7, 11) is 1.59. The largest absolute Gasteiger partial charge is 0.497 e. The Morgan fingerprint density at radius 2 is 2.03 bits per heavy atom. The van der Waals surface area contributed by atoms with Gasteiger partial charge in [0.1, 0.15) is 11.6 Å². The summed E-state index contributed by atoms with van der Waals surface area (Å²) in [5.74, 6) is 0.759. The predicted octanol–water partition coefficient (Wildman–Crippen LogP) is 2.42. The molecule has 9 heteroatoms. The summed E-state index contributed by atoms with van der Waals surface area (Å²) in [6, 6.07) is 7.21. The van der Waals surface area contributed by atoms with Crippen molar-refractivity contribution in [2.24, 2.45) is 0 Å². The number of carboxylic acids is 1. The van der Waals surface area contributed by atoms with E-state index in [1.165, 1.54) is 0 Å². The summed E-state index contributed by atoms with van der Waals surface area (Å²) in [5.41, 5.74) is 1.57. The van der Waals surface area contributed by atoms with Crippen LogP contribution in [-0.4, -0.2) is 65.8 Å². The normalized spacial score (nSPS) is 14.6. The van der Waals surface area contributed by atoms with Gasteiger partial charge in [0.25, 0.3) is 0 Å². The maximum Gasteiger partial charge on any atom is 0.347 e. The van der Waals surface area contributed by atoms with Gasteiger partial charge in [0.2, 0.25) is 5.89 Å². The number of nitrogens with zero attached hydrogens (tertiary/aromatic N) is 4. The molecule has 1 aromatic carbocycles. The van der Waals surface area contributed by atoms with Crippen LogP contribution in [0.4, 0.5) is 5.82 Å². The average Bonchev–Trinajstić information content (AvgIpc) is 2.82. The van der Waals surface area contributed by atoms with E-state index in [9.17, 15) is 9.59 Å². The molecular weight excluding hydrogens is 412 g/mol. The Morgan fingerprint density at radius 3 is 2.72 bits per heavy atom. The van der Waals surface area contributed by atoms with E-state index in [1.807, 2.05) is 19.1 Å². The maximum atomic E-state index is 12.9. The van der Waals surface area contributed by atoms with Gasteiger partial charge >= 0.3 is 11.6 Å². The Bertz CT molecular complexity index is 1180. The molecule has 0 atom stereocenters. The third kappa shape index (κ3) is 4.43. The second kappa shape index (κ2) is 9.35. The third-order valence-corrected chi connectivity index (χ3v) is 5.74. The minimum Gasteiger partial charge on any atom is -0.497 e. The van der Waals surface area contributed by atoms with Crippen LogP contribution in [0.25, 0.3) is 22.4 Å². The van der Waals surface area contributed by atoms with E-state index < -0.39 is 11.6 Å². The fourth-order valence-electron chi connectivity index (χ4n) is 4.02. The number of carbonyl (C=O) groups is 1. The van der Waals surface area contributed by atoms with Crippen molar-refractivity contribution in [1.29, 1.82) is 0 Å². The Labute approximate surface area is 185 Å². The van der Waals surface area contributed by atoms with Crippen LogP contribution >= 0.6 is 0 Å². The molecule has 4 rings (SSSR count). The summed E-state index contributed by atoms with van der Waals surface area (Å²) in [4.78, 5) is 37.1. The van der Waals surface area contributed by atoms with E-state index in [1.54, 1.807) is 25.4 Å². The maximum absolute atomic E-state index is 12.9. The van der Waals surface area contributed by atoms with Gasteiger partial charge in [-0.1, -0.05) is 6.92 Å². The lowest BCUT2D eigenvalue weighted by molar-refractivity contribution is -0.137. The molecule has 0 bridgehead atoms. The van der Waals surface area contributed by atoms with Crippen LogP contribution in [0.1, 0.15) is 18.9 Å². The second-order valence-corrected chi connectivity index (χ2v) is 7.69. The number of rotatable bonds is 7. The van der Waals surface area contributed by atoms with Gasteiger partial charge in [-0.05, 0) is 30.2 Å². The fourth-order valence-corrected chi connectivity index (χ4v) is 4.02. The zero-order valence-electron chi connectivity index (χ0n) is 18.2. The molecule has 0 amide bonds. The number of pyridine rings is 1. The van der Waals surface area contributed by atoms with Gasteiger partial charge < -0.3 is 19.2 Å². The number of fused-ring (bicyclic) bond motifs is 1. The molecule has 2 aromatic heterocycles. The Balaban J connectivity index is 1.67. The zero-order valence-corrected chi connectivity index (χ0v) is 18.2. The highest BCUT2D eigenvalue weighted by Crippen LogP contribution is 2.30. The highest BCUT2D eigenvalue weighted by molar-refractivity contribution is 5.84. The van der Waals surface area contributed by atoms with Crippen LogP contribution in [0.2, 0.25) is 0 Å². The molecule has 3 aromatic rings. The summed E-state index contributed by atoms with van der Waals surface area (Å²) in [5, 5.41) is 9.37. The molecule has 0 aliphatic carbocycles. The average molecular weight is 438 g/mol. The molecular formula is C23H26N4O5. The topological polar surface area (TPSA) is 109 Å². The summed E-state index contributed by atoms with van der Waals surface area (Å²) in [6.07, 6.45) is 2.49. The Kier molecular flexibility index (Phi) is 6.36. The van der Waals surface area contributed by atoms with Crippen molar-refractivity contribution < 1.29 is 19.1 Å². The number of anilines is 1. The standard InChI is InChI=1S/C23H26N4O5/c1-3-15-13-16(31-2)14-18-20(15)23(30)32-22(25-18)17-5-4-7-24-21(17)27-11-9-26(10-12-27)8-6-19(28)29/h4-5,7,13-14H,3,6,8-12H2,1-2H3,(H,28,29). The van der Waals surface area contributed by atoms with Crippen molar-refractivity contribution in [3.8, 4) is 17.2 Å². The lowest BCUT2D eigenvalue weighted by Gasteiger charge is -2.35. The predicted molar refractivity (Wildman–Crippen MR) is 120 cm³/mol. The summed E-state index contributed by atoms with van der Waals surface area (Å²) in [6.45, 7) is 5.34. The number of piperazine rings is 1. The van der Waals surface area contributed by atoms with Crippen LogP contribution in [0.15, 0.2) is 39.7 Å². The molecule has 0 unspecified atom stereocenters. The zero-order chi connectivity index (χ0) is 22.7. The number of aryl methyl sites for hydroxylation is 1. The number of ether oxygens (including phenoxy) is 1. The van der Waals surface area contributed by atoms with Gasteiger partial charge in [-0.3, -0.25) is 9.69 Å². The van der Waals surface area contributed by atoms with E-state index in [-0.39, 0.29) is 12.3 Å². The lowest BCUT2D eigenvalue weighted by Crippen LogP contribution is -2.47. The minimum atomic E-state index is -0.792. The number of carboxylic acid groups (broad SMARTS) is 1. The highest BCUT2D eigenvalue weighted by Gasteiger charge is 2.23.